The van der Waals surface area contributed by atoms with Crippen molar-refractivity contribution in [3.63, 3.8) is 0 Å². The summed E-state index contributed by atoms with van der Waals surface area (Å²) in [6, 6.07) is 20.7. The summed E-state index contributed by atoms with van der Waals surface area (Å²) in [5, 5.41) is 2.51. The van der Waals surface area contributed by atoms with E-state index in [1.165, 1.54) is 10.4 Å². The van der Waals surface area contributed by atoms with Crippen molar-refractivity contribution in [1.29, 1.82) is 0 Å². The van der Waals surface area contributed by atoms with Crippen LogP contribution in [0, 0.1) is 12.3 Å². The number of hydrogen-bond donors (Lipinski definition) is 0. The second-order valence-corrected chi connectivity index (χ2v) is 6.51. The average molecular weight is 252 g/mol. The summed E-state index contributed by atoms with van der Waals surface area (Å²) in [4.78, 5) is 0. The largest absolute Gasteiger partial charge is 0.398 e. The highest BCUT2D eigenvalue weighted by Crippen LogP contribution is 1.98. The van der Waals surface area contributed by atoms with Crippen LogP contribution in [0.2, 0.25) is 0 Å². The molecule has 1 unspecified atom stereocenters. The van der Waals surface area contributed by atoms with Gasteiger partial charge in [-0.3, -0.25) is 0 Å². The van der Waals surface area contributed by atoms with E-state index in [-0.39, 0.29) is 6.10 Å². The van der Waals surface area contributed by atoms with E-state index in [4.69, 9.17) is 10.8 Å². The first kappa shape index (κ1) is 12.6. The fourth-order valence-corrected chi connectivity index (χ4v) is 4.18. The van der Waals surface area contributed by atoms with Gasteiger partial charge in [0.15, 0.2) is 0 Å². The molecule has 0 radical (unpaired) electrons. The molecule has 2 rings (SSSR count). The molecule has 18 heavy (non-hydrogen) atoms. The van der Waals surface area contributed by atoms with E-state index >= 15 is 0 Å². The van der Waals surface area contributed by atoms with Crippen LogP contribution >= 0.6 is 0 Å². The van der Waals surface area contributed by atoms with E-state index in [9.17, 15) is 0 Å². The highest BCUT2D eigenvalue weighted by atomic mass is 28.3. The normalized spacial score (nSPS) is 12.1. The Morgan fingerprint density at radius 3 is 1.78 bits per heavy atom. The lowest BCUT2D eigenvalue weighted by atomic mass is 10.4. The Morgan fingerprint density at radius 1 is 0.944 bits per heavy atom. The van der Waals surface area contributed by atoms with Crippen LogP contribution in [0.4, 0.5) is 0 Å². The summed E-state index contributed by atoms with van der Waals surface area (Å²) >= 11 is 0. The lowest BCUT2D eigenvalue weighted by Crippen LogP contribution is -2.46. The van der Waals surface area contributed by atoms with Crippen molar-refractivity contribution in [2.45, 2.75) is 13.0 Å². The van der Waals surface area contributed by atoms with Crippen molar-refractivity contribution in [3.05, 3.63) is 60.7 Å². The van der Waals surface area contributed by atoms with Crippen molar-refractivity contribution in [2.75, 3.05) is 0 Å². The Kier molecular flexibility index (Phi) is 4.35. The SMILES string of the molecule is C#CC(C)O[SiH](c1ccccc1)c1ccccc1. The summed E-state index contributed by atoms with van der Waals surface area (Å²) in [6.07, 6.45) is 5.27. The van der Waals surface area contributed by atoms with Crippen LogP contribution in [-0.4, -0.2) is 15.1 Å². The Hall–Kier alpha value is -1.82. The van der Waals surface area contributed by atoms with Gasteiger partial charge in [0.25, 0.3) is 0 Å². The molecule has 90 valence electrons. The van der Waals surface area contributed by atoms with E-state index in [0.29, 0.717) is 0 Å². The maximum atomic E-state index is 6.07. The van der Waals surface area contributed by atoms with Crippen LogP contribution < -0.4 is 10.4 Å². The molecule has 0 aliphatic heterocycles. The van der Waals surface area contributed by atoms with E-state index in [0.717, 1.165) is 0 Å². The molecule has 0 saturated carbocycles. The molecule has 0 heterocycles. The van der Waals surface area contributed by atoms with Gasteiger partial charge in [0, 0.05) is 0 Å². The topological polar surface area (TPSA) is 9.23 Å². The summed E-state index contributed by atoms with van der Waals surface area (Å²) in [7, 11) is -1.67. The molecule has 2 aromatic rings. The minimum Gasteiger partial charge on any atom is -0.398 e. The van der Waals surface area contributed by atoms with Gasteiger partial charge < -0.3 is 4.43 Å². The van der Waals surface area contributed by atoms with Crippen molar-refractivity contribution < 1.29 is 4.43 Å². The second kappa shape index (κ2) is 6.20. The molecular formula is C16H16OSi. The van der Waals surface area contributed by atoms with Gasteiger partial charge in [0.1, 0.15) is 6.10 Å². The number of rotatable bonds is 4. The lowest BCUT2D eigenvalue weighted by Gasteiger charge is -2.19. The van der Waals surface area contributed by atoms with Gasteiger partial charge in [0.05, 0.1) is 0 Å². The van der Waals surface area contributed by atoms with Crippen LogP contribution in [0.5, 0.6) is 0 Å². The third-order valence-corrected chi connectivity index (χ3v) is 5.44. The Morgan fingerprint density at radius 2 is 1.39 bits per heavy atom. The minimum absolute atomic E-state index is 0.151. The molecule has 0 bridgehead atoms. The second-order valence-electron chi connectivity index (χ2n) is 4.15. The lowest BCUT2D eigenvalue weighted by molar-refractivity contribution is 0.292. The Balaban J connectivity index is 2.33. The molecule has 2 aromatic carbocycles. The zero-order valence-electron chi connectivity index (χ0n) is 10.4. The first-order valence-electron chi connectivity index (χ1n) is 6.02. The molecule has 0 aliphatic rings. The monoisotopic (exact) mass is 252 g/mol. The third kappa shape index (κ3) is 3.10. The Bertz CT molecular complexity index is 476. The van der Waals surface area contributed by atoms with Crippen LogP contribution in [-0.2, 0) is 4.43 Å². The maximum absolute atomic E-state index is 6.07. The molecule has 0 fully saturated rings. The van der Waals surface area contributed by atoms with Crippen LogP contribution in [0.3, 0.4) is 0 Å². The minimum atomic E-state index is -1.67. The van der Waals surface area contributed by atoms with Gasteiger partial charge in [-0.1, -0.05) is 66.6 Å². The van der Waals surface area contributed by atoms with Gasteiger partial charge >= 0.3 is 0 Å². The molecule has 0 aliphatic carbocycles. The van der Waals surface area contributed by atoms with E-state index in [1.54, 1.807) is 0 Å². The van der Waals surface area contributed by atoms with E-state index < -0.39 is 9.04 Å². The Labute approximate surface area is 110 Å². The van der Waals surface area contributed by atoms with E-state index in [2.05, 4.69) is 30.2 Å². The predicted octanol–water partition coefficient (Wildman–Crippen LogP) is 1.56. The number of benzene rings is 2. The number of hydrogen-bond acceptors (Lipinski definition) is 1. The quantitative estimate of drug-likeness (QED) is 0.593. The molecule has 0 aromatic heterocycles. The highest BCUT2D eigenvalue weighted by molar-refractivity contribution is 6.80. The van der Waals surface area contributed by atoms with Gasteiger partial charge in [-0.25, -0.2) is 0 Å². The zero-order chi connectivity index (χ0) is 12.8. The molecule has 1 atom stereocenters. The molecule has 1 nitrogen and oxygen atoms in total. The first-order valence-corrected chi connectivity index (χ1v) is 7.65. The van der Waals surface area contributed by atoms with Crippen LogP contribution in [0.25, 0.3) is 0 Å². The van der Waals surface area contributed by atoms with Gasteiger partial charge in [-0.15, -0.1) is 6.42 Å². The predicted molar refractivity (Wildman–Crippen MR) is 78.7 cm³/mol. The molecular weight excluding hydrogens is 236 g/mol. The van der Waals surface area contributed by atoms with Crippen LogP contribution in [0.15, 0.2) is 60.7 Å². The van der Waals surface area contributed by atoms with Crippen molar-refractivity contribution in [1.82, 2.24) is 0 Å². The molecule has 2 heteroatoms. The van der Waals surface area contributed by atoms with Crippen LogP contribution in [0.1, 0.15) is 6.92 Å². The van der Waals surface area contributed by atoms with Crippen molar-refractivity contribution >= 4 is 19.4 Å². The summed E-state index contributed by atoms with van der Waals surface area (Å²) in [6.45, 7) is 1.92. The van der Waals surface area contributed by atoms with Gasteiger partial charge in [0.2, 0.25) is 9.04 Å². The van der Waals surface area contributed by atoms with Gasteiger partial charge in [-0.2, -0.15) is 0 Å². The maximum Gasteiger partial charge on any atom is 0.241 e. The van der Waals surface area contributed by atoms with E-state index in [1.807, 2.05) is 43.3 Å². The fraction of sp³-hybridized carbons (Fsp3) is 0.125. The molecule has 0 spiro atoms. The smallest absolute Gasteiger partial charge is 0.241 e. The summed E-state index contributed by atoms with van der Waals surface area (Å²) in [5.41, 5.74) is 0. The average Bonchev–Trinajstić information content (AvgIpc) is 2.46. The summed E-state index contributed by atoms with van der Waals surface area (Å²) < 4.78 is 6.07. The molecule has 0 amide bonds. The third-order valence-electron chi connectivity index (χ3n) is 2.78. The molecule has 0 saturated heterocycles. The highest BCUT2D eigenvalue weighted by Gasteiger charge is 2.19. The standard InChI is InChI=1S/C16H16OSi/c1-3-14(2)17-18(15-10-6-4-7-11-15)16-12-8-5-9-13-16/h1,4-14,18H,2H3. The van der Waals surface area contributed by atoms with Gasteiger partial charge in [-0.05, 0) is 17.3 Å². The fourth-order valence-electron chi connectivity index (χ4n) is 1.85. The zero-order valence-corrected chi connectivity index (χ0v) is 11.6. The van der Waals surface area contributed by atoms with Crippen molar-refractivity contribution in [2.24, 2.45) is 0 Å². The van der Waals surface area contributed by atoms with Crippen molar-refractivity contribution in [3.8, 4) is 12.3 Å². The first-order chi connectivity index (χ1) is 8.81. The molecule has 0 N–H and O–H groups in total. The summed E-state index contributed by atoms with van der Waals surface area (Å²) in [5.74, 6) is 2.65. The number of terminal acetylenes is 1.